The zero-order valence-corrected chi connectivity index (χ0v) is 13.5. The van der Waals surface area contributed by atoms with Gasteiger partial charge in [0.15, 0.2) is 0 Å². The quantitative estimate of drug-likeness (QED) is 0.282. The van der Waals surface area contributed by atoms with E-state index in [1.165, 1.54) is 12.3 Å². The summed E-state index contributed by atoms with van der Waals surface area (Å²) in [5, 5.41) is 21.5. The lowest BCUT2D eigenvalue weighted by Crippen LogP contribution is -2.27. The van der Waals surface area contributed by atoms with Gasteiger partial charge in [0.1, 0.15) is 11.5 Å². The summed E-state index contributed by atoms with van der Waals surface area (Å²) in [6.07, 6.45) is 1.18. The van der Waals surface area contributed by atoms with Crippen molar-refractivity contribution >= 4 is 24.8 Å². The van der Waals surface area contributed by atoms with Crippen LogP contribution in [0.25, 0.3) is 0 Å². The van der Waals surface area contributed by atoms with E-state index >= 15 is 0 Å². The van der Waals surface area contributed by atoms with E-state index in [0.717, 1.165) is 5.56 Å². The smallest absolute Gasteiger partial charge is 0.462 e. The summed E-state index contributed by atoms with van der Waals surface area (Å²) >= 11 is 0. The number of carbonyl (C=O) groups is 1. The Morgan fingerprint density at radius 1 is 1.36 bits per heavy atom. The molecular weight excluding hydrogens is 325 g/mol. The summed E-state index contributed by atoms with van der Waals surface area (Å²) in [5.41, 5.74) is 2.30. The van der Waals surface area contributed by atoms with Crippen molar-refractivity contribution in [2.75, 3.05) is 6.61 Å². The van der Waals surface area contributed by atoms with E-state index in [1.54, 1.807) is 37.3 Å². The average Bonchev–Trinajstić information content (AvgIpc) is 2.97. The summed E-state index contributed by atoms with van der Waals surface area (Å²) in [5.74, 6) is 0.475. The van der Waals surface area contributed by atoms with Gasteiger partial charge in [0.25, 0.3) is 0 Å². The van der Waals surface area contributed by atoms with Gasteiger partial charge in [0, 0.05) is 5.56 Å². The van der Waals surface area contributed by atoms with E-state index in [-0.39, 0.29) is 6.61 Å². The van der Waals surface area contributed by atoms with Crippen LogP contribution in [0.4, 0.5) is 0 Å². The van der Waals surface area contributed by atoms with Crippen LogP contribution in [-0.4, -0.2) is 36.1 Å². The molecular formula is C17H16BNO6. The first-order chi connectivity index (χ1) is 12.1. The zero-order chi connectivity index (χ0) is 17.8. The molecule has 0 amide bonds. The van der Waals surface area contributed by atoms with E-state index in [9.17, 15) is 9.82 Å². The molecule has 2 N–H and O–H groups in total. The number of oxime groups is 1. The molecule has 1 aliphatic heterocycles. The van der Waals surface area contributed by atoms with Crippen LogP contribution >= 0.6 is 0 Å². The molecule has 128 valence electrons. The molecule has 1 aliphatic rings. The number of benzene rings is 2. The van der Waals surface area contributed by atoms with Crippen molar-refractivity contribution in [3.63, 3.8) is 0 Å². The number of esters is 1. The van der Waals surface area contributed by atoms with E-state index in [1.807, 2.05) is 0 Å². The van der Waals surface area contributed by atoms with Crippen LogP contribution in [0.3, 0.4) is 0 Å². The number of rotatable bonds is 5. The molecule has 0 aromatic heterocycles. The van der Waals surface area contributed by atoms with Crippen molar-refractivity contribution in [2.24, 2.45) is 5.16 Å². The molecule has 8 heteroatoms. The predicted molar refractivity (Wildman–Crippen MR) is 90.7 cm³/mol. The van der Waals surface area contributed by atoms with Gasteiger partial charge < -0.3 is 24.4 Å². The monoisotopic (exact) mass is 341 g/mol. The lowest BCUT2D eigenvalue weighted by molar-refractivity contribution is 0.0526. The van der Waals surface area contributed by atoms with Crippen LogP contribution in [0.5, 0.6) is 11.5 Å². The van der Waals surface area contributed by atoms with Gasteiger partial charge in [-0.05, 0) is 48.3 Å². The second kappa shape index (κ2) is 7.37. The van der Waals surface area contributed by atoms with Crippen LogP contribution in [-0.2, 0) is 16.0 Å². The molecule has 7 nitrogen and oxygen atoms in total. The van der Waals surface area contributed by atoms with Crippen LogP contribution in [0.15, 0.2) is 41.6 Å². The third-order valence-electron chi connectivity index (χ3n) is 3.72. The van der Waals surface area contributed by atoms with Crippen molar-refractivity contribution in [3.05, 3.63) is 53.1 Å². The van der Waals surface area contributed by atoms with Gasteiger partial charge in [-0.15, -0.1) is 0 Å². The lowest BCUT2D eigenvalue weighted by Gasteiger charge is -2.11. The fraction of sp³-hybridized carbons (Fsp3) is 0.176. The van der Waals surface area contributed by atoms with E-state index in [0.29, 0.717) is 34.7 Å². The molecule has 0 fully saturated rings. The highest BCUT2D eigenvalue weighted by Crippen LogP contribution is 2.27. The number of fused-ring (bicyclic) bond motifs is 1. The van der Waals surface area contributed by atoms with Gasteiger partial charge in [0.05, 0.1) is 25.0 Å². The van der Waals surface area contributed by atoms with Crippen LogP contribution in [0.2, 0.25) is 0 Å². The highest BCUT2D eigenvalue weighted by molar-refractivity contribution is 6.61. The molecule has 2 aromatic carbocycles. The fourth-order valence-electron chi connectivity index (χ4n) is 2.54. The van der Waals surface area contributed by atoms with E-state index < -0.39 is 13.1 Å². The second-order valence-corrected chi connectivity index (χ2v) is 5.34. The average molecular weight is 341 g/mol. The van der Waals surface area contributed by atoms with Gasteiger partial charge in [-0.3, -0.25) is 0 Å². The maximum absolute atomic E-state index is 11.8. The molecule has 25 heavy (non-hydrogen) atoms. The maximum Gasteiger partial charge on any atom is 0.491 e. The molecule has 1 heterocycles. The Morgan fingerprint density at radius 2 is 2.20 bits per heavy atom. The molecule has 3 rings (SSSR count). The normalized spacial score (nSPS) is 13.1. The minimum absolute atomic E-state index is 0.267. The third kappa shape index (κ3) is 3.65. The molecule has 0 aliphatic carbocycles. The Hall–Kier alpha value is -2.84. The largest absolute Gasteiger partial charge is 0.491 e. The highest BCUT2D eigenvalue weighted by atomic mass is 16.5. The number of ether oxygens (including phenoxy) is 2. The van der Waals surface area contributed by atoms with Gasteiger partial charge >= 0.3 is 13.1 Å². The van der Waals surface area contributed by atoms with Crippen molar-refractivity contribution < 1.29 is 29.2 Å². The Labute approximate surface area is 144 Å². The fourth-order valence-corrected chi connectivity index (χ4v) is 2.54. The summed E-state index contributed by atoms with van der Waals surface area (Å²) < 4.78 is 15.9. The third-order valence-corrected chi connectivity index (χ3v) is 3.72. The van der Waals surface area contributed by atoms with Crippen molar-refractivity contribution in [1.82, 2.24) is 0 Å². The highest BCUT2D eigenvalue weighted by Gasteiger charge is 2.27. The first-order valence-corrected chi connectivity index (χ1v) is 7.71. The SMILES string of the molecule is CCOC(=O)c1ccc(Oc2ccc3c(c2)COB3O)c(/C=N/O)c1. The van der Waals surface area contributed by atoms with Crippen molar-refractivity contribution in [3.8, 4) is 11.5 Å². The number of carbonyl (C=O) groups excluding carboxylic acids is 1. The van der Waals surface area contributed by atoms with Crippen LogP contribution in [0.1, 0.15) is 28.4 Å². The van der Waals surface area contributed by atoms with Crippen molar-refractivity contribution in [1.29, 1.82) is 0 Å². The Morgan fingerprint density at radius 3 is 2.96 bits per heavy atom. The Kier molecular flexibility index (Phi) is 5.01. The first-order valence-electron chi connectivity index (χ1n) is 7.71. The van der Waals surface area contributed by atoms with Crippen molar-refractivity contribution in [2.45, 2.75) is 13.5 Å². The molecule has 0 bridgehead atoms. The molecule has 0 atom stereocenters. The zero-order valence-electron chi connectivity index (χ0n) is 13.5. The predicted octanol–water partition coefficient (Wildman–Crippen LogP) is 1.68. The molecule has 0 saturated heterocycles. The summed E-state index contributed by atoms with van der Waals surface area (Å²) in [6, 6.07) is 9.90. The number of nitrogens with zero attached hydrogens (tertiary/aromatic N) is 1. The topological polar surface area (TPSA) is 97.6 Å². The maximum atomic E-state index is 11.8. The molecule has 0 spiro atoms. The summed E-state index contributed by atoms with van der Waals surface area (Å²) in [7, 11) is -0.912. The molecule has 0 radical (unpaired) electrons. The number of hydrogen-bond donors (Lipinski definition) is 2. The van der Waals surface area contributed by atoms with Gasteiger partial charge in [0.2, 0.25) is 0 Å². The second-order valence-electron chi connectivity index (χ2n) is 5.34. The molecule has 0 unspecified atom stereocenters. The lowest BCUT2D eigenvalue weighted by atomic mass is 9.80. The van der Waals surface area contributed by atoms with Crippen LogP contribution in [0, 0.1) is 0 Å². The minimum atomic E-state index is -0.912. The van der Waals surface area contributed by atoms with E-state index in [4.69, 9.17) is 19.3 Å². The van der Waals surface area contributed by atoms with Gasteiger partial charge in [-0.2, -0.15) is 0 Å². The molecule has 2 aromatic rings. The van der Waals surface area contributed by atoms with Gasteiger partial charge in [-0.25, -0.2) is 4.79 Å². The Balaban J connectivity index is 1.88. The summed E-state index contributed by atoms with van der Waals surface area (Å²) in [4.78, 5) is 11.8. The van der Waals surface area contributed by atoms with Crippen LogP contribution < -0.4 is 10.2 Å². The first kappa shape index (κ1) is 17.0. The van der Waals surface area contributed by atoms with E-state index in [2.05, 4.69) is 5.16 Å². The summed E-state index contributed by atoms with van der Waals surface area (Å²) in [6.45, 7) is 2.30. The van der Waals surface area contributed by atoms with Gasteiger partial charge in [-0.1, -0.05) is 11.2 Å². The Bertz CT molecular complexity index is 823. The number of hydrogen-bond acceptors (Lipinski definition) is 7. The minimum Gasteiger partial charge on any atom is -0.462 e. The standard InChI is InChI=1S/C17H16BNO6/c1-2-23-17(20)11-3-6-16(12(7-11)9-19-22)25-14-4-5-15-13(8-14)10-24-18(15)21/h3-9,21-22H,2,10H2,1H3/b19-9+. The molecule has 0 saturated carbocycles.